The van der Waals surface area contributed by atoms with Crippen molar-refractivity contribution >= 4 is 17.6 Å². The van der Waals surface area contributed by atoms with Crippen LogP contribution in [0.2, 0.25) is 0 Å². The lowest BCUT2D eigenvalue weighted by molar-refractivity contribution is 0.0692. The Hall–Kier alpha value is -2.70. The predicted molar refractivity (Wildman–Crippen MR) is 65.8 cm³/mol. The van der Waals surface area contributed by atoms with Crippen LogP contribution in [-0.4, -0.2) is 26.0 Å². The highest BCUT2D eigenvalue weighted by Crippen LogP contribution is 2.22. The number of pyridine rings is 1. The van der Waals surface area contributed by atoms with Crippen molar-refractivity contribution in [3.05, 3.63) is 29.7 Å². The van der Waals surface area contributed by atoms with Crippen molar-refractivity contribution in [2.45, 2.75) is 6.92 Å². The summed E-state index contributed by atoms with van der Waals surface area (Å²) in [6, 6.07) is 3.10. The number of nitrogen functional groups attached to an aromatic ring is 2. The largest absolute Gasteiger partial charge is 0.476 e. The van der Waals surface area contributed by atoms with Crippen molar-refractivity contribution in [1.29, 1.82) is 0 Å². The smallest absolute Gasteiger partial charge is 0.356 e. The first-order valence-electron chi connectivity index (χ1n) is 5.08. The van der Waals surface area contributed by atoms with Crippen molar-refractivity contribution < 1.29 is 9.90 Å². The lowest BCUT2D eigenvalue weighted by Gasteiger charge is -2.06. The molecule has 0 fully saturated rings. The van der Waals surface area contributed by atoms with E-state index >= 15 is 0 Å². The quantitative estimate of drug-likeness (QED) is 0.710. The molecule has 0 aliphatic heterocycles. The van der Waals surface area contributed by atoms with Crippen LogP contribution in [0, 0.1) is 6.92 Å². The van der Waals surface area contributed by atoms with E-state index in [0.717, 1.165) is 0 Å². The van der Waals surface area contributed by atoms with Gasteiger partial charge in [-0.2, -0.15) is 0 Å². The van der Waals surface area contributed by atoms with E-state index in [1.807, 2.05) is 0 Å². The number of aryl methyl sites for hydroxylation is 1. The first-order chi connectivity index (χ1) is 8.49. The zero-order valence-electron chi connectivity index (χ0n) is 9.58. The van der Waals surface area contributed by atoms with Crippen LogP contribution in [-0.2, 0) is 0 Å². The summed E-state index contributed by atoms with van der Waals surface area (Å²) in [6.07, 6.45) is 1.50. The van der Waals surface area contributed by atoms with E-state index in [4.69, 9.17) is 16.6 Å². The van der Waals surface area contributed by atoms with Crippen LogP contribution >= 0.6 is 0 Å². The molecule has 0 spiro atoms. The van der Waals surface area contributed by atoms with Gasteiger partial charge in [-0.3, -0.25) is 0 Å². The SMILES string of the molecule is Cc1nc(N)ncc1-c1ccc(N)c(C(=O)O)n1. The molecular formula is C11H11N5O2. The summed E-state index contributed by atoms with van der Waals surface area (Å²) in [5, 5.41) is 8.96. The molecule has 2 heterocycles. The van der Waals surface area contributed by atoms with Crippen LogP contribution in [0.15, 0.2) is 18.3 Å². The summed E-state index contributed by atoms with van der Waals surface area (Å²) in [5.41, 5.74) is 12.6. The van der Waals surface area contributed by atoms with Crippen LogP contribution in [0.25, 0.3) is 11.3 Å². The molecule has 0 atom stereocenters. The Kier molecular flexibility index (Phi) is 2.80. The number of carbonyl (C=O) groups is 1. The lowest BCUT2D eigenvalue weighted by Crippen LogP contribution is -2.07. The molecule has 0 saturated heterocycles. The van der Waals surface area contributed by atoms with Crippen molar-refractivity contribution in [3.8, 4) is 11.3 Å². The summed E-state index contributed by atoms with van der Waals surface area (Å²) in [6.45, 7) is 1.74. The van der Waals surface area contributed by atoms with E-state index in [-0.39, 0.29) is 17.3 Å². The Labute approximate surface area is 103 Å². The standard InChI is InChI=1S/C11H11N5O2/c1-5-6(4-14-11(13)15-5)8-3-2-7(12)9(16-8)10(17)18/h2-4H,12H2,1H3,(H,17,18)(H2,13,14,15). The van der Waals surface area contributed by atoms with Gasteiger partial charge < -0.3 is 16.6 Å². The Bertz CT molecular complexity index is 627. The van der Waals surface area contributed by atoms with Gasteiger partial charge in [0, 0.05) is 11.8 Å². The van der Waals surface area contributed by atoms with Gasteiger partial charge >= 0.3 is 5.97 Å². The van der Waals surface area contributed by atoms with Gasteiger partial charge in [0.25, 0.3) is 0 Å². The van der Waals surface area contributed by atoms with Gasteiger partial charge in [0.2, 0.25) is 5.95 Å². The molecule has 0 aliphatic carbocycles. The Morgan fingerprint density at radius 3 is 2.61 bits per heavy atom. The number of hydrogen-bond acceptors (Lipinski definition) is 6. The second-order valence-corrected chi connectivity index (χ2v) is 3.67. The number of hydrogen-bond donors (Lipinski definition) is 3. The third-order valence-electron chi connectivity index (χ3n) is 2.40. The molecule has 7 heteroatoms. The predicted octanol–water partition coefficient (Wildman–Crippen LogP) is 0.710. The normalized spacial score (nSPS) is 10.3. The average molecular weight is 245 g/mol. The van der Waals surface area contributed by atoms with Crippen LogP contribution in [0.1, 0.15) is 16.2 Å². The van der Waals surface area contributed by atoms with E-state index in [0.29, 0.717) is 17.0 Å². The van der Waals surface area contributed by atoms with E-state index in [1.165, 1.54) is 12.3 Å². The molecule has 2 rings (SSSR count). The number of aromatic nitrogens is 3. The number of nitrogens with two attached hydrogens (primary N) is 2. The maximum absolute atomic E-state index is 11.0. The summed E-state index contributed by atoms with van der Waals surface area (Å²) in [7, 11) is 0. The van der Waals surface area contributed by atoms with Crippen LogP contribution in [0.3, 0.4) is 0 Å². The Morgan fingerprint density at radius 1 is 1.28 bits per heavy atom. The summed E-state index contributed by atoms with van der Waals surface area (Å²) in [4.78, 5) is 22.8. The zero-order valence-corrected chi connectivity index (χ0v) is 9.58. The number of carboxylic acids is 1. The second-order valence-electron chi connectivity index (χ2n) is 3.67. The molecule has 0 radical (unpaired) electrons. The monoisotopic (exact) mass is 245 g/mol. The highest BCUT2D eigenvalue weighted by Gasteiger charge is 2.13. The first-order valence-corrected chi connectivity index (χ1v) is 5.08. The number of rotatable bonds is 2. The van der Waals surface area contributed by atoms with E-state index in [2.05, 4.69) is 15.0 Å². The van der Waals surface area contributed by atoms with Crippen LogP contribution in [0.5, 0.6) is 0 Å². The van der Waals surface area contributed by atoms with E-state index < -0.39 is 5.97 Å². The number of nitrogens with zero attached hydrogens (tertiary/aromatic N) is 3. The number of anilines is 2. The molecule has 92 valence electrons. The van der Waals surface area contributed by atoms with Crippen molar-refractivity contribution in [2.75, 3.05) is 11.5 Å². The topological polar surface area (TPSA) is 128 Å². The minimum atomic E-state index is -1.18. The molecule has 7 nitrogen and oxygen atoms in total. The van der Waals surface area contributed by atoms with E-state index in [1.54, 1.807) is 13.0 Å². The minimum Gasteiger partial charge on any atom is -0.476 e. The van der Waals surface area contributed by atoms with Crippen LogP contribution in [0.4, 0.5) is 11.6 Å². The van der Waals surface area contributed by atoms with Gasteiger partial charge in [0.15, 0.2) is 5.69 Å². The summed E-state index contributed by atoms with van der Waals surface area (Å²) < 4.78 is 0. The highest BCUT2D eigenvalue weighted by molar-refractivity contribution is 5.92. The fraction of sp³-hybridized carbons (Fsp3) is 0.0909. The van der Waals surface area contributed by atoms with Crippen molar-refractivity contribution in [1.82, 2.24) is 15.0 Å². The maximum atomic E-state index is 11.0. The highest BCUT2D eigenvalue weighted by atomic mass is 16.4. The van der Waals surface area contributed by atoms with Crippen molar-refractivity contribution in [2.24, 2.45) is 0 Å². The average Bonchev–Trinajstić information content (AvgIpc) is 2.30. The van der Waals surface area contributed by atoms with Gasteiger partial charge in [0.1, 0.15) is 0 Å². The molecular weight excluding hydrogens is 234 g/mol. The van der Waals surface area contributed by atoms with Gasteiger partial charge in [0.05, 0.1) is 17.1 Å². The molecule has 18 heavy (non-hydrogen) atoms. The first kappa shape index (κ1) is 11.8. The fourth-order valence-corrected chi connectivity index (χ4v) is 1.53. The van der Waals surface area contributed by atoms with Crippen LogP contribution < -0.4 is 11.5 Å². The molecule has 0 bridgehead atoms. The molecule has 0 aliphatic rings. The second kappa shape index (κ2) is 4.28. The Morgan fingerprint density at radius 2 is 2.00 bits per heavy atom. The molecule has 5 N–H and O–H groups in total. The summed E-state index contributed by atoms with van der Waals surface area (Å²) in [5.74, 6) is -1.02. The molecule has 2 aromatic rings. The number of carboxylic acid groups (broad SMARTS) is 1. The van der Waals surface area contributed by atoms with E-state index in [9.17, 15) is 4.79 Å². The molecule has 0 unspecified atom stereocenters. The molecule has 0 saturated carbocycles. The van der Waals surface area contributed by atoms with Gasteiger partial charge in [-0.1, -0.05) is 0 Å². The van der Waals surface area contributed by atoms with Gasteiger partial charge in [-0.15, -0.1) is 0 Å². The van der Waals surface area contributed by atoms with Crippen molar-refractivity contribution in [3.63, 3.8) is 0 Å². The fourth-order valence-electron chi connectivity index (χ4n) is 1.53. The molecule has 2 aromatic heterocycles. The minimum absolute atomic E-state index is 0.111. The lowest BCUT2D eigenvalue weighted by atomic mass is 10.1. The molecule has 0 amide bonds. The Balaban J connectivity index is 2.58. The van der Waals surface area contributed by atoms with Gasteiger partial charge in [-0.25, -0.2) is 19.7 Å². The molecule has 0 aromatic carbocycles. The maximum Gasteiger partial charge on any atom is 0.356 e. The summed E-state index contributed by atoms with van der Waals surface area (Å²) >= 11 is 0. The third kappa shape index (κ3) is 2.05. The third-order valence-corrected chi connectivity index (χ3v) is 2.40. The van der Waals surface area contributed by atoms with Gasteiger partial charge in [-0.05, 0) is 19.1 Å². The zero-order chi connectivity index (χ0) is 13.3. The number of aromatic carboxylic acids is 1.